The number of thiophene rings is 1. The molecule has 0 amide bonds. The van der Waals surface area contributed by atoms with Crippen molar-refractivity contribution in [1.29, 1.82) is 10.5 Å². The van der Waals surface area contributed by atoms with Crippen LogP contribution in [0, 0.1) is 29.6 Å². The molecule has 112 valence electrons. The monoisotopic (exact) mass is 327 g/mol. The minimum atomic E-state index is -3.89. The van der Waals surface area contributed by atoms with Crippen molar-refractivity contribution in [2.45, 2.75) is 24.0 Å². The fourth-order valence-corrected chi connectivity index (χ4v) is 4.60. The van der Waals surface area contributed by atoms with Crippen molar-refractivity contribution in [3.8, 4) is 12.1 Å². The Morgan fingerprint density at radius 3 is 2.24 bits per heavy atom. The third kappa shape index (κ3) is 4.02. The average Bonchev–Trinajstić information content (AvgIpc) is 2.81. The lowest BCUT2D eigenvalue weighted by Crippen LogP contribution is -2.32. The highest BCUT2D eigenvalue weighted by Gasteiger charge is 2.27. The Kier molecular flexibility index (Phi) is 5.85. The summed E-state index contributed by atoms with van der Waals surface area (Å²) in [5.41, 5.74) is 0.367. The van der Waals surface area contributed by atoms with Gasteiger partial charge in [0.2, 0.25) is 0 Å². The molecular formula is C12H13N3O4S2. The molecule has 21 heavy (non-hydrogen) atoms. The topological polar surface area (TPSA) is 122 Å². The van der Waals surface area contributed by atoms with Crippen LogP contribution in [0.25, 0.3) is 0 Å². The second-order valence-corrected chi connectivity index (χ2v) is 7.32. The van der Waals surface area contributed by atoms with E-state index in [0.29, 0.717) is 16.9 Å². The smallest absolute Gasteiger partial charge is 0.346 e. The van der Waals surface area contributed by atoms with Crippen LogP contribution >= 0.6 is 11.3 Å². The zero-order chi connectivity index (χ0) is 16.0. The molecule has 0 aliphatic rings. The first-order chi connectivity index (χ1) is 9.84. The highest BCUT2D eigenvalue weighted by Crippen LogP contribution is 2.28. The Bertz CT molecular complexity index is 692. The molecule has 1 aromatic rings. The summed E-state index contributed by atoms with van der Waals surface area (Å²) in [7, 11) is -3.89. The SMILES string of the molecule is Cc1cc(S(=O)(=O)N(CCC#N)CCC#N)sc1C(=O)O. The quantitative estimate of drug-likeness (QED) is 0.811. The van der Waals surface area contributed by atoms with Gasteiger partial charge in [-0.05, 0) is 18.6 Å². The summed E-state index contributed by atoms with van der Waals surface area (Å²) < 4.78 is 25.9. The normalized spacial score (nSPS) is 11.0. The molecule has 0 bridgehead atoms. The number of carboxylic acid groups (broad SMARTS) is 1. The van der Waals surface area contributed by atoms with E-state index >= 15 is 0 Å². The van der Waals surface area contributed by atoms with Crippen LogP contribution in [0.1, 0.15) is 28.1 Å². The van der Waals surface area contributed by atoms with Gasteiger partial charge >= 0.3 is 5.97 Å². The molecule has 0 radical (unpaired) electrons. The molecule has 0 saturated carbocycles. The van der Waals surface area contributed by atoms with E-state index in [4.69, 9.17) is 15.6 Å². The zero-order valence-corrected chi connectivity index (χ0v) is 12.9. The fourth-order valence-electron chi connectivity index (χ4n) is 1.62. The number of sulfonamides is 1. The molecular weight excluding hydrogens is 314 g/mol. The summed E-state index contributed by atoms with van der Waals surface area (Å²) in [6.45, 7) is 1.47. The van der Waals surface area contributed by atoms with Gasteiger partial charge in [0, 0.05) is 25.9 Å². The summed E-state index contributed by atoms with van der Waals surface area (Å²) in [6, 6.07) is 5.01. The van der Waals surface area contributed by atoms with Crippen LogP contribution in [0.4, 0.5) is 0 Å². The lowest BCUT2D eigenvalue weighted by molar-refractivity contribution is 0.0701. The molecule has 0 aromatic carbocycles. The largest absolute Gasteiger partial charge is 0.477 e. The van der Waals surface area contributed by atoms with E-state index in [0.717, 1.165) is 4.31 Å². The summed E-state index contributed by atoms with van der Waals surface area (Å²) in [5.74, 6) is -1.18. The molecule has 1 aromatic heterocycles. The Morgan fingerprint density at radius 1 is 1.33 bits per heavy atom. The summed E-state index contributed by atoms with van der Waals surface area (Å²) >= 11 is 0.675. The maximum atomic E-state index is 12.5. The van der Waals surface area contributed by atoms with Gasteiger partial charge in [0.05, 0.1) is 12.1 Å². The number of aromatic carboxylic acids is 1. The van der Waals surface area contributed by atoms with Crippen molar-refractivity contribution in [2.75, 3.05) is 13.1 Å². The van der Waals surface area contributed by atoms with Gasteiger partial charge in [-0.25, -0.2) is 13.2 Å². The first kappa shape index (κ1) is 17.1. The van der Waals surface area contributed by atoms with Gasteiger partial charge in [-0.15, -0.1) is 11.3 Å². The number of hydrogen-bond donors (Lipinski definition) is 1. The predicted octanol–water partition coefficient (Wildman–Crippen LogP) is 1.57. The van der Waals surface area contributed by atoms with E-state index in [1.165, 1.54) is 13.0 Å². The van der Waals surface area contributed by atoms with Gasteiger partial charge in [0.25, 0.3) is 10.0 Å². The molecule has 0 aliphatic heterocycles. The standard InChI is InChI=1S/C12H13N3O4S2/c1-9-8-10(20-11(9)12(16)17)21(18,19)15(6-2-4-13)7-3-5-14/h8H,2-3,6-7H2,1H3,(H,16,17). The lowest BCUT2D eigenvalue weighted by Gasteiger charge is -2.18. The fraction of sp³-hybridized carbons (Fsp3) is 0.417. The Balaban J connectivity index is 3.16. The third-order valence-corrected chi connectivity index (χ3v) is 6.20. The molecule has 1 N–H and O–H groups in total. The number of nitrogens with zero attached hydrogens (tertiary/aromatic N) is 3. The van der Waals surface area contributed by atoms with Crippen molar-refractivity contribution in [3.05, 3.63) is 16.5 Å². The van der Waals surface area contributed by atoms with Gasteiger partial charge in [-0.3, -0.25) is 0 Å². The molecule has 0 saturated heterocycles. The molecule has 0 spiro atoms. The maximum Gasteiger partial charge on any atom is 0.346 e. The van der Waals surface area contributed by atoms with Crippen LogP contribution in [0.2, 0.25) is 0 Å². The Morgan fingerprint density at radius 2 is 1.86 bits per heavy atom. The van der Waals surface area contributed by atoms with E-state index in [2.05, 4.69) is 0 Å². The van der Waals surface area contributed by atoms with Crippen LogP contribution in [0.5, 0.6) is 0 Å². The molecule has 0 atom stereocenters. The lowest BCUT2D eigenvalue weighted by atomic mass is 10.3. The minimum Gasteiger partial charge on any atom is -0.477 e. The molecule has 7 nitrogen and oxygen atoms in total. The van der Waals surface area contributed by atoms with Crippen molar-refractivity contribution in [1.82, 2.24) is 4.31 Å². The zero-order valence-electron chi connectivity index (χ0n) is 11.2. The van der Waals surface area contributed by atoms with Crippen LogP contribution in [-0.4, -0.2) is 36.9 Å². The second kappa shape index (κ2) is 7.18. The van der Waals surface area contributed by atoms with Gasteiger partial charge in [-0.2, -0.15) is 14.8 Å². The summed E-state index contributed by atoms with van der Waals surface area (Å²) in [6.07, 6.45) is 0.00159. The first-order valence-electron chi connectivity index (χ1n) is 5.92. The second-order valence-electron chi connectivity index (χ2n) is 4.10. The molecule has 1 heterocycles. The summed E-state index contributed by atoms with van der Waals surface area (Å²) in [4.78, 5) is 11.0. The van der Waals surface area contributed by atoms with Crippen LogP contribution in [0.15, 0.2) is 10.3 Å². The molecule has 0 unspecified atom stereocenters. The van der Waals surface area contributed by atoms with Gasteiger partial charge in [-0.1, -0.05) is 0 Å². The third-order valence-electron chi connectivity index (χ3n) is 2.63. The Hall–Kier alpha value is -1.94. The molecule has 1 rings (SSSR count). The van der Waals surface area contributed by atoms with E-state index in [9.17, 15) is 13.2 Å². The Labute approximate surface area is 126 Å². The number of carboxylic acids is 1. The number of aryl methyl sites for hydroxylation is 1. The molecule has 9 heteroatoms. The number of hydrogen-bond acceptors (Lipinski definition) is 6. The van der Waals surface area contributed by atoms with E-state index in [-0.39, 0.29) is 35.0 Å². The van der Waals surface area contributed by atoms with Crippen LogP contribution in [0.3, 0.4) is 0 Å². The van der Waals surface area contributed by atoms with Gasteiger partial charge in [0.1, 0.15) is 9.09 Å². The van der Waals surface area contributed by atoms with E-state index in [1.807, 2.05) is 12.1 Å². The van der Waals surface area contributed by atoms with Crippen molar-refractivity contribution >= 4 is 27.3 Å². The average molecular weight is 327 g/mol. The molecule has 0 fully saturated rings. The van der Waals surface area contributed by atoms with Gasteiger partial charge in [0.15, 0.2) is 0 Å². The van der Waals surface area contributed by atoms with Gasteiger partial charge < -0.3 is 5.11 Å². The maximum absolute atomic E-state index is 12.5. The predicted molar refractivity (Wildman–Crippen MR) is 75.2 cm³/mol. The highest BCUT2D eigenvalue weighted by molar-refractivity contribution is 7.91. The highest BCUT2D eigenvalue weighted by atomic mass is 32.2. The van der Waals surface area contributed by atoms with Crippen molar-refractivity contribution < 1.29 is 18.3 Å². The van der Waals surface area contributed by atoms with Crippen LogP contribution < -0.4 is 0 Å². The number of rotatable bonds is 7. The first-order valence-corrected chi connectivity index (χ1v) is 8.18. The number of carbonyl (C=O) groups is 1. The van der Waals surface area contributed by atoms with Crippen molar-refractivity contribution in [3.63, 3.8) is 0 Å². The van der Waals surface area contributed by atoms with Crippen LogP contribution in [-0.2, 0) is 10.0 Å². The van der Waals surface area contributed by atoms with E-state index < -0.39 is 16.0 Å². The minimum absolute atomic E-state index is 0.000797. The number of nitriles is 2. The summed E-state index contributed by atoms with van der Waals surface area (Å²) in [5, 5.41) is 26.2. The van der Waals surface area contributed by atoms with Crippen molar-refractivity contribution in [2.24, 2.45) is 0 Å². The van der Waals surface area contributed by atoms with E-state index in [1.54, 1.807) is 0 Å². The molecule has 0 aliphatic carbocycles.